The molecule has 0 aliphatic carbocycles. The maximum absolute atomic E-state index is 5.96. The minimum Gasteiger partial charge on any atom is -0.338 e. The molecule has 1 aliphatic rings. The van der Waals surface area contributed by atoms with E-state index in [0.717, 1.165) is 37.4 Å². The Morgan fingerprint density at radius 1 is 1.50 bits per heavy atom. The van der Waals surface area contributed by atoms with Gasteiger partial charge in [0, 0.05) is 6.04 Å². The van der Waals surface area contributed by atoms with Gasteiger partial charge in [-0.25, -0.2) is 0 Å². The number of nitrogens with two attached hydrogens (primary N) is 1. The molecule has 0 aromatic carbocycles. The molecule has 20 heavy (non-hydrogen) atoms. The molecule has 6 heteroatoms. The lowest BCUT2D eigenvalue weighted by Crippen LogP contribution is -2.39. The first-order valence-corrected chi connectivity index (χ1v) is 7.95. The number of hydrogen-bond acceptors (Lipinski definition) is 6. The van der Waals surface area contributed by atoms with E-state index in [1.807, 2.05) is 17.5 Å². The lowest BCUT2D eigenvalue weighted by atomic mass is 9.91. The first-order chi connectivity index (χ1) is 9.72. The van der Waals surface area contributed by atoms with Crippen LogP contribution < -0.4 is 5.73 Å². The summed E-state index contributed by atoms with van der Waals surface area (Å²) in [6, 6.07) is 4.30. The van der Waals surface area contributed by atoms with Crippen molar-refractivity contribution in [1.29, 1.82) is 0 Å². The quantitative estimate of drug-likeness (QED) is 0.937. The van der Waals surface area contributed by atoms with Crippen molar-refractivity contribution in [2.75, 3.05) is 13.1 Å². The third-order valence-corrected chi connectivity index (χ3v) is 4.81. The molecule has 1 aliphatic heterocycles. The summed E-state index contributed by atoms with van der Waals surface area (Å²) in [4.78, 5) is 7.88. The predicted molar refractivity (Wildman–Crippen MR) is 79.3 cm³/mol. The van der Waals surface area contributed by atoms with Gasteiger partial charge in [0.25, 0.3) is 0 Å². The van der Waals surface area contributed by atoms with E-state index in [2.05, 4.69) is 22.0 Å². The third-order valence-electron chi connectivity index (χ3n) is 3.94. The summed E-state index contributed by atoms with van der Waals surface area (Å²) in [6.45, 7) is 4.96. The Morgan fingerprint density at radius 3 is 2.95 bits per heavy atom. The van der Waals surface area contributed by atoms with Crippen molar-refractivity contribution in [3.63, 3.8) is 0 Å². The zero-order valence-electron chi connectivity index (χ0n) is 11.7. The molecule has 5 nitrogen and oxygen atoms in total. The van der Waals surface area contributed by atoms with E-state index >= 15 is 0 Å². The number of hydrogen-bond donors (Lipinski definition) is 1. The van der Waals surface area contributed by atoms with Crippen LogP contribution in [0.1, 0.15) is 25.7 Å². The van der Waals surface area contributed by atoms with Crippen LogP contribution in [0.15, 0.2) is 22.0 Å². The summed E-state index contributed by atoms with van der Waals surface area (Å²) in [7, 11) is 0. The minimum absolute atomic E-state index is 0.297. The Morgan fingerprint density at radius 2 is 2.30 bits per heavy atom. The molecule has 1 fully saturated rings. The van der Waals surface area contributed by atoms with Crippen molar-refractivity contribution in [3.8, 4) is 10.7 Å². The molecule has 3 heterocycles. The number of piperidine rings is 1. The lowest BCUT2D eigenvalue weighted by molar-refractivity contribution is 0.150. The van der Waals surface area contributed by atoms with Gasteiger partial charge >= 0.3 is 0 Å². The Labute approximate surface area is 122 Å². The fourth-order valence-corrected chi connectivity index (χ4v) is 3.30. The predicted octanol–water partition coefficient (Wildman–Crippen LogP) is 2.36. The van der Waals surface area contributed by atoms with Crippen LogP contribution in [0.3, 0.4) is 0 Å². The number of likely N-dealkylation sites (tertiary alicyclic amines) is 1. The van der Waals surface area contributed by atoms with Crippen LogP contribution in [0.4, 0.5) is 0 Å². The van der Waals surface area contributed by atoms with Gasteiger partial charge in [-0.3, -0.25) is 4.90 Å². The molecule has 0 spiro atoms. The molecule has 0 amide bonds. The number of thiophene rings is 1. The fourth-order valence-electron chi connectivity index (χ4n) is 2.65. The molecular formula is C14H20N4OS. The van der Waals surface area contributed by atoms with Crippen LogP contribution in [-0.4, -0.2) is 34.2 Å². The van der Waals surface area contributed by atoms with Gasteiger partial charge in [-0.15, -0.1) is 11.3 Å². The molecule has 3 rings (SSSR count). The van der Waals surface area contributed by atoms with Crippen molar-refractivity contribution in [2.45, 2.75) is 32.4 Å². The van der Waals surface area contributed by atoms with Gasteiger partial charge in [0.2, 0.25) is 11.7 Å². The summed E-state index contributed by atoms with van der Waals surface area (Å²) in [5.74, 6) is 2.05. The second-order valence-corrected chi connectivity index (χ2v) is 6.41. The van der Waals surface area contributed by atoms with Crippen LogP contribution in [0, 0.1) is 5.92 Å². The van der Waals surface area contributed by atoms with E-state index in [-0.39, 0.29) is 0 Å². The minimum atomic E-state index is 0.297. The highest BCUT2D eigenvalue weighted by atomic mass is 32.1. The van der Waals surface area contributed by atoms with Crippen molar-refractivity contribution < 1.29 is 4.52 Å². The Bertz CT molecular complexity index is 529. The van der Waals surface area contributed by atoms with Crippen LogP contribution >= 0.6 is 11.3 Å². The highest BCUT2D eigenvalue weighted by molar-refractivity contribution is 7.13. The highest BCUT2D eigenvalue weighted by Crippen LogP contribution is 2.23. The van der Waals surface area contributed by atoms with Crippen molar-refractivity contribution in [1.82, 2.24) is 15.0 Å². The number of aromatic nitrogens is 2. The summed E-state index contributed by atoms with van der Waals surface area (Å²) >= 11 is 1.63. The van der Waals surface area contributed by atoms with E-state index in [4.69, 9.17) is 10.3 Å². The van der Waals surface area contributed by atoms with E-state index in [9.17, 15) is 0 Å². The average molecular weight is 292 g/mol. The SMILES string of the molecule is CC(N)C1CCN(Cc2nc(-c3cccs3)no2)CC1. The first-order valence-electron chi connectivity index (χ1n) is 7.07. The maximum Gasteiger partial charge on any atom is 0.241 e. The van der Waals surface area contributed by atoms with Gasteiger partial charge in [-0.2, -0.15) is 4.98 Å². The maximum atomic E-state index is 5.96. The van der Waals surface area contributed by atoms with Crippen molar-refractivity contribution in [3.05, 3.63) is 23.4 Å². The van der Waals surface area contributed by atoms with Gasteiger partial charge in [-0.05, 0) is 50.2 Å². The Hall–Kier alpha value is -1.24. The Balaban J connectivity index is 1.57. The molecule has 108 valence electrons. The van der Waals surface area contributed by atoms with Crippen molar-refractivity contribution in [2.24, 2.45) is 11.7 Å². The van der Waals surface area contributed by atoms with Crippen LogP contribution in [0.5, 0.6) is 0 Å². The monoisotopic (exact) mass is 292 g/mol. The molecule has 1 atom stereocenters. The van der Waals surface area contributed by atoms with Crippen LogP contribution in [-0.2, 0) is 6.54 Å². The summed E-state index contributed by atoms with van der Waals surface area (Å²) < 4.78 is 5.34. The van der Waals surface area contributed by atoms with E-state index in [0.29, 0.717) is 23.7 Å². The average Bonchev–Trinajstić information content (AvgIpc) is 3.09. The summed E-state index contributed by atoms with van der Waals surface area (Å²) in [5, 5.41) is 6.06. The fraction of sp³-hybridized carbons (Fsp3) is 0.571. The largest absolute Gasteiger partial charge is 0.338 e. The van der Waals surface area contributed by atoms with Gasteiger partial charge in [0.1, 0.15) is 0 Å². The molecule has 0 radical (unpaired) electrons. The zero-order valence-corrected chi connectivity index (χ0v) is 12.5. The van der Waals surface area contributed by atoms with E-state index in [1.165, 1.54) is 0 Å². The topological polar surface area (TPSA) is 68.2 Å². The second-order valence-electron chi connectivity index (χ2n) is 5.46. The zero-order chi connectivity index (χ0) is 13.9. The molecule has 1 saturated heterocycles. The van der Waals surface area contributed by atoms with Gasteiger partial charge in [0.15, 0.2) is 0 Å². The molecule has 2 aromatic rings. The summed E-state index contributed by atoms with van der Waals surface area (Å²) in [6.07, 6.45) is 2.31. The molecule has 2 N–H and O–H groups in total. The second kappa shape index (κ2) is 6.03. The number of rotatable bonds is 4. The first kappa shape index (κ1) is 13.7. The summed E-state index contributed by atoms with van der Waals surface area (Å²) in [5.41, 5.74) is 5.96. The van der Waals surface area contributed by atoms with E-state index in [1.54, 1.807) is 11.3 Å². The molecule has 2 aromatic heterocycles. The van der Waals surface area contributed by atoms with Gasteiger partial charge in [0.05, 0.1) is 11.4 Å². The highest BCUT2D eigenvalue weighted by Gasteiger charge is 2.23. The molecule has 0 saturated carbocycles. The van der Waals surface area contributed by atoms with Gasteiger partial charge in [-0.1, -0.05) is 11.2 Å². The smallest absolute Gasteiger partial charge is 0.241 e. The number of nitrogens with zero attached hydrogens (tertiary/aromatic N) is 3. The lowest BCUT2D eigenvalue weighted by Gasteiger charge is -2.32. The van der Waals surface area contributed by atoms with Crippen LogP contribution in [0.25, 0.3) is 10.7 Å². The molecule has 1 unspecified atom stereocenters. The molecule has 0 bridgehead atoms. The third kappa shape index (κ3) is 3.08. The standard InChI is InChI=1S/C14H20N4OS/c1-10(15)11-4-6-18(7-5-11)9-13-16-14(17-19-13)12-3-2-8-20-12/h2-3,8,10-11H,4-7,9,15H2,1H3. The molecular weight excluding hydrogens is 272 g/mol. The van der Waals surface area contributed by atoms with E-state index < -0.39 is 0 Å². The Kier molecular flexibility index (Phi) is 4.14. The van der Waals surface area contributed by atoms with Crippen molar-refractivity contribution >= 4 is 11.3 Å². The van der Waals surface area contributed by atoms with Gasteiger partial charge < -0.3 is 10.3 Å². The van der Waals surface area contributed by atoms with Crippen LogP contribution in [0.2, 0.25) is 0 Å². The normalized spacial score (nSPS) is 19.3.